The average Bonchev–Trinajstić information content (AvgIpc) is 2.36. The fraction of sp³-hybridized carbons (Fsp3) is 0.154. The molecule has 1 heterocycles. The molecule has 0 saturated heterocycles. The standard InChI is InChI=1S/C13H10Cl3NO2/c1-7(18)8-3-2-4-17-13(8)19-12-6-10(15)9(14)5-11(12)16/h2-7,18H,1H3/t7-/m1/s1. The van der Waals surface area contributed by atoms with E-state index < -0.39 is 6.10 Å². The van der Waals surface area contributed by atoms with Crippen LogP contribution in [0.3, 0.4) is 0 Å². The van der Waals surface area contributed by atoms with Crippen LogP contribution in [0, 0.1) is 0 Å². The number of hydrogen-bond acceptors (Lipinski definition) is 3. The molecule has 0 aliphatic heterocycles. The quantitative estimate of drug-likeness (QED) is 0.819. The lowest BCUT2D eigenvalue weighted by Gasteiger charge is -2.13. The molecule has 2 aromatic rings. The van der Waals surface area contributed by atoms with Crippen LogP contribution in [-0.2, 0) is 0 Å². The SMILES string of the molecule is C[C@@H](O)c1cccnc1Oc1cc(Cl)c(Cl)cc1Cl. The Hall–Kier alpha value is -1.000. The summed E-state index contributed by atoms with van der Waals surface area (Å²) in [6.07, 6.45) is 0.859. The van der Waals surface area contributed by atoms with Gasteiger partial charge in [0.05, 0.1) is 21.2 Å². The summed E-state index contributed by atoms with van der Waals surface area (Å²) in [7, 11) is 0. The van der Waals surface area contributed by atoms with E-state index in [4.69, 9.17) is 39.5 Å². The highest BCUT2D eigenvalue weighted by atomic mass is 35.5. The number of aliphatic hydroxyl groups is 1. The Morgan fingerprint density at radius 3 is 2.53 bits per heavy atom. The zero-order valence-corrected chi connectivity index (χ0v) is 12.2. The third kappa shape index (κ3) is 3.31. The second kappa shape index (κ2) is 5.97. The average molecular weight is 319 g/mol. The summed E-state index contributed by atoms with van der Waals surface area (Å²) < 4.78 is 5.59. The van der Waals surface area contributed by atoms with E-state index in [-0.39, 0.29) is 5.88 Å². The summed E-state index contributed by atoms with van der Waals surface area (Å²) in [5.41, 5.74) is 0.560. The van der Waals surface area contributed by atoms with E-state index in [2.05, 4.69) is 4.98 Å². The van der Waals surface area contributed by atoms with Crippen LogP contribution in [0.25, 0.3) is 0 Å². The lowest BCUT2D eigenvalue weighted by Crippen LogP contribution is -1.98. The monoisotopic (exact) mass is 317 g/mol. The van der Waals surface area contributed by atoms with Crippen molar-refractivity contribution in [2.24, 2.45) is 0 Å². The van der Waals surface area contributed by atoms with Crippen LogP contribution >= 0.6 is 34.8 Å². The predicted octanol–water partition coefficient (Wildman–Crippen LogP) is 4.89. The molecule has 2 rings (SSSR count). The van der Waals surface area contributed by atoms with Crippen molar-refractivity contribution in [3.8, 4) is 11.6 Å². The zero-order chi connectivity index (χ0) is 14.0. The molecule has 0 saturated carbocycles. The van der Waals surface area contributed by atoms with Crippen molar-refractivity contribution < 1.29 is 9.84 Å². The van der Waals surface area contributed by atoms with E-state index >= 15 is 0 Å². The van der Waals surface area contributed by atoms with Gasteiger partial charge in [-0.1, -0.05) is 34.8 Å². The van der Waals surface area contributed by atoms with Crippen LogP contribution in [0.2, 0.25) is 15.1 Å². The third-order valence-electron chi connectivity index (χ3n) is 2.43. The third-order valence-corrected chi connectivity index (χ3v) is 3.45. The molecule has 1 N–H and O–H groups in total. The van der Waals surface area contributed by atoms with Crippen LogP contribution in [0.5, 0.6) is 11.6 Å². The topological polar surface area (TPSA) is 42.4 Å². The minimum Gasteiger partial charge on any atom is -0.437 e. The Balaban J connectivity index is 2.39. The Bertz CT molecular complexity index is 602. The van der Waals surface area contributed by atoms with Gasteiger partial charge >= 0.3 is 0 Å². The number of rotatable bonds is 3. The maximum atomic E-state index is 9.65. The Kier molecular flexibility index (Phi) is 4.53. The maximum Gasteiger partial charge on any atom is 0.225 e. The van der Waals surface area contributed by atoms with Crippen molar-refractivity contribution in [1.29, 1.82) is 0 Å². The first-order chi connectivity index (χ1) is 8.99. The van der Waals surface area contributed by atoms with Crippen molar-refractivity contribution in [3.63, 3.8) is 0 Å². The van der Waals surface area contributed by atoms with E-state index in [1.165, 1.54) is 12.1 Å². The van der Waals surface area contributed by atoms with Crippen molar-refractivity contribution in [1.82, 2.24) is 4.98 Å². The Labute approximate surface area is 125 Å². The zero-order valence-electron chi connectivity index (χ0n) is 9.90. The van der Waals surface area contributed by atoms with Gasteiger partial charge in [-0.3, -0.25) is 0 Å². The molecule has 1 aromatic carbocycles. The molecule has 19 heavy (non-hydrogen) atoms. The lowest BCUT2D eigenvalue weighted by atomic mass is 10.2. The first-order valence-corrected chi connectivity index (χ1v) is 6.58. The van der Waals surface area contributed by atoms with Crippen molar-refractivity contribution >= 4 is 34.8 Å². The van der Waals surface area contributed by atoms with Gasteiger partial charge in [-0.15, -0.1) is 0 Å². The van der Waals surface area contributed by atoms with E-state index in [1.54, 1.807) is 25.3 Å². The highest BCUT2D eigenvalue weighted by molar-refractivity contribution is 6.43. The van der Waals surface area contributed by atoms with Gasteiger partial charge in [0.25, 0.3) is 0 Å². The molecule has 0 spiro atoms. The molecule has 1 aromatic heterocycles. The van der Waals surface area contributed by atoms with Crippen molar-refractivity contribution in [3.05, 3.63) is 51.1 Å². The molecule has 0 amide bonds. The van der Waals surface area contributed by atoms with E-state index in [0.717, 1.165) is 0 Å². The number of hydrogen-bond donors (Lipinski definition) is 1. The molecule has 6 heteroatoms. The molecular weight excluding hydrogens is 309 g/mol. The Morgan fingerprint density at radius 1 is 1.16 bits per heavy atom. The fourth-order valence-electron chi connectivity index (χ4n) is 1.49. The highest BCUT2D eigenvalue weighted by Crippen LogP contribution is 2.37. The summed E-state index contributed by atoms with van der Waals surface area (Å²) in [4.78, 5) is 4.07. The lowest BCUT2D eigenvalue weighted by molar-refractivity contribution is 0.194. The van der Waals surface area contributed by atoms with E-state index in [9.17, 15) is 5.11 Å². The van der Waals surface area contributed by atoms with Crippen LogP contribution in [-0.4, -0.2) is 10.1 Å². The van der Waals surface area contributed by atoms with Crippen molar-refractivity contribution in [2.75, 3.05) is 0 Å². The van der Waals surface area contributed by atoms with Crippen LogP contribution < -0.4 is 4.74 Å². The number of pyridine rings is 1. The van der Waals surface area contributed by atoms with Crippen LogP contribution in [0.15, 0.2) is 30.5 Å². The molecule has 0 fully saturated rings. The van der Waals surface area contributed by atoms with Gasteiger partial charge in [-0.05, 0) is 25.1 Å². The molecule has 0 unspecified atom stereocenters. The number of aromatic nitrogens is 1. The minimum absolute atomic E-state index is 0.276. The molecule has 1 atom stereocenters. The first-order valence-electron chi connectivity index (χ1n) is 5.44. The Morgan fingerprint density at radius 2 is 1.84 bits per heavy atom. The molecular formula is C13H10Cl3NO2. The van der Waals surface area contributed by atoms with Gasteiger partial charge in [0.15, 0.2) is 0 Å². The summed E-state index contributed by atoms with van der Waals surface area (Å²) in [6, 6.07) is 6.43. The fourth-order valence-corrected chi connectivity index (χ4v) is 2.07. The highest BCUT2D eigenvalue weighted by Gasteiger charge is 2.14. The van der Waals surface area contributed by atoms with Gasteiger partial charge in [0.1, 0.15) is 5.75 Å². The molecule has 3 nitrogen and oxygen atoms in total. The summed E-state index contributed by atoms with van der Waals surface area (Å²) in [5.74, 6) is 0.606. The second-order valence-corrected chi connectivity index (χ2v) is 5.09. The number of ether oxygens (including phenoxy) is 1. The molecule has 0 bridgehead atoms. The largest absolute Gasteiger partial charge is 0.437 e. The van der Waals surface area contributed by atoms with Crippen molar-refractivity contribution in [2.45, 2.75) is 13.0 Å². The van der Waals surface area contributed by atoms with Gasteiger partial charge in [-0.2, -0.15) is 0 Å². The van der Waals surface area contributed by atoms with Gasteiger partial charge < -0.3 is 9.84 Å². The maximum absolute atomic E-state index is 9.65. The number of nitrogens with zero attached hydrogens (tertiary/aromatic N) is 1. The number of halogens is 3. The summed E-state index contributed by atoms with van der Waals surface area (Å²) >= 11 is 17.8. The van der Waals surface area contributed by atoms with Crippen LogP contribution in [0.1, 0.15) is 18.6 Å². The van der Waals surface area contributed by atoms with Crippen LogP contribution in [0.4, 0.5) is 0 Å². The number of benzene rings is 1. The van der Waals surface area contributed by atoms with E-state index in [1.807, 2.05) is 0 Å². The second-order valence-electron chi connectivity index (χ2n) is 3.87. The molecule has 0 radical (unpaired) electrons. The van der Waals surface area contributed by atoms with Gasteiger partial charge in [-0.25, -0.2) is 4.98 Å². The molecule has 0 aliphatic rings. The van der Waals surface area contributed by atoms with Gasteiger partial charge in [0, 0.05) is 17.8 Å². The predicted molar refractivity (Wildman–Crippen MR) is 76.4 cm³/mol. The smallest absolute Gasteiger partial charge is 0.225 e. The van der Waals surface area contributed by atoms with Gasteiger partial charge in [0.2, 0.25) is 5.88 Å². The summed E-state index contributed by atoms with van der Waals surface area (Å²) in [6.45, 7) is 1.63. The molecule has 0 aliphatic carbocycles. The normalized spacial score (nSPS) is 12.3. The van der Waals surface area contributed by atoms with E-state index in [0.29, 0.717) is 26.4 Å². The molecule has 100 valence electrons. The first kappa shape index (κ1) is 14.4. The summed E-state index contributed by atoms with van der Waals surface area (Å²) in [5, 5.41) is 10.6. The number of aliphatic hydroxyl groups excluding tert-OH is 1. The minimum atomic E-state index is -0.703.